The Bertz CT molecular complexity index is 1170. The van der Waals surface area contributed by atoms with Crippen LogP contribution in [0.4, 0.5) is 10.3 Å². The van der Waals surface area contributed by atoms with Gasteiger partial charge in [0.05, 0.1) is 41.7 Å². The number of hydrogen-bond donors (Lipinski definition) is 0. The lowest BCUT2D eigenvalue weighted by atomic mass is 10.2. The van der Waals surface area contributed by atoms with Crippen LogP contribution in [0.15, 0.2) is 48.9 Å². The third-order valence-electron chi connectivity index (χ3n) is 5.04. The van der Waals surface area contributed by atoms with Gasteiger partial charge in [-0.25, -0.2) is 19.3 Å². The van der Waals surface area contributed by atoms with Crippen LogP contribution in [0, 0.1) is 12.7 Å². The molecule has 1 fully saturated rings. The van der Waals surface area contributed by atoms with Crippen molar-refractivity contribution in [1.29, 1.82) is 0 Å². The number of fused-ring (bicyclic) bond motifs is 1. The van der Waals surface area contributed by atoms with Crippen molar-refractivity contribution in [1.82, 2.24) is 24.5 Å². The van der Waals surface area contributed by atoms with E-state index in [0.717, 1.165) is 41.1 Å². The number of anilines is 1. The first-order chi connectivity index (χ1) is 14.2. The van der Waals surface area contributed by atoms with Crippen molar-refractivity contribution in [2.45, 2.75) is 6.92 Å². The number of hydrogen-bond acceptors (Lipinski definition) is 6. The Morgan fingerprint density at radius 3 is 2.55 bits per heavy atom. The zero-order valence-electron chi connectivity index (χ0n) is 15.9. The van der Waals surface area contributed by atoms with Gasteiger partial charge in [-0.2, -0.15) is 0 Å². The van der Waals surface area contributed by atoms with Crippen LogP contribution in [0.2, 0.25) is 0 Å². The number of halogens is 1. The second kappa shape index (κ2) is 7.21. The van der Waals surface area contributed by atoms with Crippen LogP contribution in [-0.4, -0.2) is 50.8 Å². The average molecular weight is 390 g/mol. The number of imidazole rings is 1. The lowest BCUT2D eigenvalue weighted by Gasteiger charge is -2.27. The van der Waals surface area contributed by atoms with Crippen molar-refractivity contribution in [2.75, 3.05) is 31.2 Å². The fourth-order valence-corrected chi connectivity index (χ4v) is 3.55. The molecular formula is C21H19FN6O. The van der Waals surface area contributed by atoms with Gasteiger partial charge >= 0.3 is 0 Å². The summed E-state index contributed by atoms with van der Waals surface area (Å²) in [6.07, 6.45) is 5.27. The van der Waals surface area contributed by atoms with E-state index in [2.05, 4.69) is 14.9 Å². The Morgan fingerprint density at radius 1 is 1.00 bits per heavy atom. The molecular weight excluding hydrogens is 371 g/mol. The van der Waals surface area contributed by atoms with Gasteiger partial charge in [0.1, 0.15) is 11.6 Å². The maximum absolute atomic E-state index is 13.5. The summed E-state index contributed by atoms with van der Waals surface area (Å²) in [5, 5.41) is 0. The smallest absolute Gasteiger partial charge is 0.225 e. The zero-order valence-corrected chi connectivity index (χ0v) is 15.9. The minimum Gasteiger partial charge on any atom is -0.378 e. The van der Waals surface area contributed by atoms with E-state index in [1.54, 1.807) is 24.5 Å². The summed E-state index contributed by atoms with van der Waals surface area (Å²) in [5.74, 6) is 1.11. The molecule has 5 rings (SSSR count). The van der Waals surface area contributed by atoms with Gasteiger partial charge < -0.3 is 9.64 Å². The molecule has 0 saturated carbocycles. The number of rotatable bonds is 3. The Morgan fingerprint density at radius 2 is 1.79 bits per heavy atom. The van der Waals surface area contributed by atoms with Gasteiger partial charge in [-0.05, 0) is 37.3 Å². The highest BCUT2D eigenvalue weighted by Gasteiger charge is 2.20. The topological polar surface area (TPSA) is 69.0 Å². The minimum absolute atomic E-state index is 0.285. The fourth-order valence-electron chi connectivity index (χ4n) is 3.55. The van der Waals surface area contributed by atoms with E-state index in [9.17, 15) is 4.39 Å². The number of pyridine rings is 1. The Hall–Kier alpha value is -3.39. The van der Waals surface area contributed by atoms with Crippen molar-refractivity contribution >= 4 is 17.0 Å². The summed E-state index contributed by atoms with van der Waals surface area (Å²) in [6.45, 7) is 4.86. The van der Waals surface area contributed by atoms with Crippen LogP contribution in [0.1, 0.15) is 5.69 Å². The van der Waals surface area contributed by atoms with Crippen molar-refractivity contribution in [3.05, 3.63) is 60.4 Å². The summed E-state index contributed by atoms with van der Waals surface area (Å²) in [5.41, 5.74) is 4.09. The van der Waals surface area contributed by atoms with Gasteiger partial charge in [-0.15, -0.1) is 0 Å². The number of nitrogens with zero attached hydrogens (tertiary/aromatic N) is 6. The largest absolute Gasteiger partial charge is 0.378 e. The van der Waals surface area contributed by atoms with Crippen LogP contribution in [0.25, 0.3) is 28.1 Å². The van der Waals surface area contributed by atoms with Crippen molar-refractivity contribution < 1.29 is 9.13 Å². The van der Waals surface area contributed by atoms with Gasteiger partial charge in [0.25, 0.3) is 0 Å². The maximum Gasteiger partial charge on any atom is 0.225 e. The zero-order chi connectivity index (χ0) is 19.8. The number of aromatic nitrogens is 5. The predicted octanol–water partition coefficient (Wildman–Crippen LogP) is 3.16. The molecule has 0 unspecified atom stereocenters. The lowest BCUT2D eigenvalue weighted by molar-refractivity contribution is 0.122. The molecule has 1 saturated heterocycles. The second-order valence-corrected chi connectivity index (χ2v) is 6.88. The molecule has 0 aliphatic carbocycles. The number of ether oxygens (including phenoxy) is 1. The third kappa shape index (κ3) is 3.21. The molecule has 0 amide bonds. The molecule has 0 bridgehead atoms. The van der Waals surface area contributed by atoms with E-state index in [4.69, 9.17) is 14.7 Å². The molecule has 3 aromatic heterocycles. The van der Waals surface area contributed by atoms with Crippen LogP contribution in [0.5, 0.6) is 0 Å². The highest BCUT2D eigenvalue weighted by molar-refractivity contribution is 5.82. The molecule has 0 radical (unpaired) electrons. The second-order valence-electron chi connectivity index (χ2n) is 6.88. The molecule has 0 N–H and O–H groups in total. The molecule has 1 aromatic carbocycles. The molecule has 4 heterocycles. The van der Waals surface area contributed by atoms with Gasteiger partial charge in [-0.3, -0.25) is 9.55 Å². The summed E-state index contributed by atoms with van der Waals surface area (Å²) in [7, 11) is 0. The van der Waals surface area contributed by atoms with Crippen LogP contribution >= 0.6 is 0 Å². The fraction of sp³-hybridized carbons (Fsp3) is 0.238. The predicted molar refractivity (Wildman–Crippen MR) is 108 cm³/mol. The van der Waals surface area contributed by atoms with Crippen LogP contribution in [-0.2, 0) is 4.74 Å². The SMILES string of the molecule is Cc1nc(N2CCOCC2)ncc1-c1nc2ccncc2n1-c1ccc(F)cc1. The highest BCUT2D eigenvalue weighted by atomic mass is 19.1. The van der Waals surface area contributed by atoms with Crippen molar-refractivity contribution in [2.24, 2.45) is 0 Å². The monoisotopic (exact) mass is 390 g/mol. The molecule has 0 atom stereocenters. The van der Waals surface area contributed by atoms with Crippen molar-refractivity contribution in [3.63, 3.8) is 0 Å². The van der Waals surface area contributed by atoms with E-state index in [1.165, 1.54) is 12.1 Å². The van der Waals surface area contributed by atoms with E-state index >= 15 is 0 Å². The number of aryl methyl sites for hydroxylation is 1. The van der Waals surface area contributed by atoms with Gasteiger partial charge in [-0.1, -0.05) is 0 Å². The van der Waals surface area contributed by atoms with E-state index < -0.39 is 0 Å². The van der Waals surface area contributed by atoms with Gasteiger partial charge in [0, 0.05) is 31.2 Å². The Kier molecular flexibility index (Phi) is 4.40. The summed E-state index contributed by atoms with van der Waals surface area (Å²) >= 11 is 0. The normalized spacial score (nSPS) is 14.5. The van der Waals surface area contributed by atoms with Gasteiger partial charge in [0.2, 0.25) is 5.95 Å². The number of morpholine rings is 1. The first-order valence-corrected chi connectivity index (χ1v) is 9.46. The van der Waals surface area contributed by atoms with Crippen LogP contribution < -0.4 is 4.90 Å². The Labute approximate surface area is 166 Å². The van der Waals surface area contributed by atoms with E-state index in [0.29, 0.717) is 25.0 Å². The lowest BCUT2D eigenvalue weighted by Crippen LogP contribution is -2.37. The molecule has 1 aliphatic rings. The molecule has 146 valence electrons. The molecule has 4 aromatic rings. The quantitative estimate of drug-likeness (QED) is 0.535. The third-order valence-corrected chi connectivity index (χ3v) is 5.04. The number of benzene rings is 1. The summed E-state index contributed by atoms with van der Waals surface area (Å²) in [4.78, 5) is 20.5. The molecule has 0 spiro atoms. The highest BCUT2D eigenvalue weighted by Crippen LogP contribution is 2.30. The maximum atomic E-state index is 13.5. The van der Waals surface area contributed by atoms with E-state index in [1.807, 2.05) is 23.8 Å². The summed E-state index contributed by atoms with van der Waals surface area (Å²) in [6, 6.07) is 8.19. The van der Waals surface area contributed by atoms with E-state index in [-0.39, 0.29) is 5.82 Å². The average Bonchev–Trinajstić information content (AvgIpc) is 3.14. The molecule has 8 heteroatoms. The summed E-state index contributed by atoms with van der Waals surface area (Å²) < 4.78 is 20.8. The molecule has 29 heavy (non-hydrogen) atoms. The molecule has 1 aliphatic heterocycles. The minimum atomic E-state index is -0.285. The molecule has 7 nitrogen and oxygen atoms in total. The first kappa shape index (κ1) is 17.7. The standard InChI is InChI=1S/C21H19FN6O/c1-14-17(12-24-21(25-14)27-8-10-29-11-9-27)20-26-18-6-7-23-13-19(18)28(20)16-4-2-15(22)3-5-16/h2-7,12-13H,8-11H2,1H3. The van der Waals surface area contributed by atoms with Crippen molar-refractivity contribution in [3.8, 4) is 17.1 Å². The van der Waals surface area contributed by atoms with Crippen LogP contribution in [0.3, 0.4) is 0 Å². The van der Waals surface area contributed by atoms with Gasteiger partial charge in [0.15, 0.2) is 0 Å². The Balaban J connectivity index is 1.65. The first-order valence-electron chi connectivity index (χ1n) is 9.46.